The molecule has 1 rings (SSSR count). The van der Waals surface area contributed by atoms with E-state index >= 15 is 0 Å². The summed E-state index contributed by atoms with van der Waals surface area (Å²) in [5, 5.41) is -1.29. The van der Waals surface area contributed by atoms with Crippen molar-refractivity contribution in [2.24, 2.45) is 0 Å². The molecule has 0 atom stereocenters. The fraction of sp³-hybridized carbons (Fsp3) is 1.00. The Bertz CT molecular complexity index is 638. The second-order valence-corrected chi connectivity index (χ2v) is 53.6. The third-order valence-electron chi connectivity index (χ3n) is 6.97. The Hall–Kier alpha value is 1.79. The summed E-state index contributed by atoms with van der Waals surface area (Å²) in [5.74, 6) is 0. The quantitative estimate of drug-likeness (QED) is 0.250. The topological polar surface area (TPSA) is 77.4 Å². The van der Waals surface area contributed by atoms with Crippen LogP contribution in [-0.2, 0) is 11.1 Å². The third-order valence-corrected chi connectivity index (χ3v) is 54.9. The second-order valence-electron chi connectivity index (χ2n) is 16.3. The zero-order chi connectivity index (χ0) is 27.8. The summed E-state index contributed by atoms with van der Waals surface area (Å²) in [5.41, 5.74) is 0. The Morgan fingerprint density at radius 1 is 0.382 bits per heavy atom. The van der Waals surface area contributed by atoms with E-state index in [9.17, 15) is 9.59 Å². The molecule has 6 nitrogen and oxygen atoms in total. The molecule has 0 unspecified atom stereocenters. The minimum absolute atomic E-state index is 0.406. The van der Waals surface area contributed by atoms with Crippen LogP contribution in [0.3, 0.4) is 0 Å². The fourth-order valence-electron chi connectivity index (χ4n) is 4.95. The average Bonchev–Trinajstić information content (AvgIpc) is 2.44. The molecule has 204 valence electrons. The molecular weight excluding hydrogens is 678 g/mol. The van der Waals surface area contributed by atoms with Gasteiger partial charge in [-0.25, -0.2) is 0 Å². The molecule has 1 fully saturated rings. The Labute approximate surface area is 223 Å². The van der Waals surface area contributed by atoms with Crippen molar-refractivity contribution in [3.05, 3.63) is 0 Å². The standard InChI is InChI=1S/2C4H10O3Si.4C4H9.2Sn/c2*1-4(2,3)8(5,6)7;4*1-4(2)3;;/h2*5H,1-3H3;4*1-3H3;;/q2*-2;;;;;2*+2. The summed E-state index contributed by atoms with van der Waals surface area (Å²) in [7, 11) is -7.81. The van der Waals surface area contributed by atoms with E-state index in [0.717, 1.165) is 0 Å². The van der Waals surface area contributed by atoms with Gasteiger partial charge in [-0.2, -0.15) is 0 Å². The molecule has 0 aromatic carbocycles. The first-order chi connectivity index (χ1) is 14.3. The average molecular weight is 734 g/mol. The minimum atomic E-state index is -4.49. The normalized spacial score (nSPS) is 30.0. The summed E-state index contributed by atoms with van der Waals surface area (Å²) in [6.07, 6.45) is 0. The molecule has 2 N–H and O–H groups in total. The van der Waals surface area contributed by atoms with Gasteiger partial charge < -0.3 is 0 Å². The molecule has 0 saturated carbocycles. The van der Waals surface area contributed by atoms with Gasteiger partial charge in [0.1, 0.15) is 0 Å². The molecule has 0 spiro atoms. The van der Waals surface area contributed by atoms with E-state index in [1.807, 2.05) is 41.5 Å². The zero-order valence-electron chi connectivity index (χ0n) is 25.5. The van der Waals surface area contributed by atoms with Crippen molar-refractivity contribution in [2.45, 2.75) is 148 Å². The molecule has 0 amide bonds. The van der Waals surface area contributed by atoms with Gasteiger partial charge >= 0.3 is 225 Å². The summed E-state index contributed by atoms with van der Waals surface area (Å²) >= 11 is -8.98. The van der Waals surface area contributed by atoms with E-state index in [1.165, 1.54) is 0 Å². The summed E-state index contributed by atoms with van der Waals surface area (Å²) in [4.78, 5) is 25.2. The number of rotatable bonds is 0. The fourth-order valence-corrected chi connectivity index (χ4v) is 75.9. The van der Waals surface area contributed by atoms with E-state index in [-0.39, 0.29) is 0 Å². The van der Waals surface area contributed by atoms with Crippen molar-refractivity contribution in [1.82, 2.24) is 0 Å². The Kier molecular flexibility index (Phi) is 9.13. The van der Waals surface area contributed by atoms with Gasteiger partial charge in [0.25, 0.3) is 0 Å². The Morgan fingerprint density at radius 3 is 0.618 bits per heavy atom. The van der Waals surface area contributed by atoms with Gasteiger partial charge in [0.05, 0.1) is 0 Å². The molecule has 1 saturated heterocycles. The summed E-state index contributed by atoms with van der Waals surface area (Å²) in [6.45, 7) is 37.4. The van der Waals surface area contributed by atoms with Crippen LogP contribution in [-0.4, -0.2) is 65.6 Å². The van der Waals surface area contributed by atoms with Gasteiger partial charge in [0, 0.05) is 0 Å². The molecule has 1 aliphatic heterocycles. The van der Waals surface area contributed by atoms with Gasteiger partial charge in [-0.05, 0) is 0 Å². The van der Waals surface area contributed by atoms with Crippen LogP contribution in [0.1, 0.15) is 125 Å². The van der Waals surface area contributed by atoms with Crippen molar-refractivity contribution >= 4 is 56.0 Å². The van der Waals surface area contributed by atoms with Crippen LogP contribution < -0.4 is 0 Å². The second kappa shape index (κ2) is 9.18. The van der Waals surface area contributed by atoms with Crippen LogP contribution >= 0.6 is 0 Å². The van der Waals surface area contributed by atoms with Crippen molar-refractivity contribution in [2.75, 3.05) is 0 Å². The monoisotopic (exact) mass is 736 g/mol. The molecule has 0 bridgehead atoms. The molecule has 34 heavy (non-hydrogen) atoms. The molecule has 0 aromatic rings. The van der Waals surface area contributed by atoms with Gasteiger partial charge in [-0.3, -0.25) is 0 Å². The maximum absolute atomic E-state index is 12.6. The van der Waals surface area contributed by atoms with Crippen LogP contribution in [0.2, 0.25) is 23.8 Å². The SMILES string of the molecule is CC(C)(C)[Si]1(O)[O][Sn]([C](C)(C)C)([C](C)(C)C)[O][Si](O)(C(C)(C)C)[O][Sn]([C](C)(C)C)([C](C)(C)C)[O]1. The van der Waals surface area contributed by atoms with Crippen molar-refractivity contribution < 1.29 is 20.6 Å². The maximum atomic E-state index is 12.6. The van der Waals surface area contributed by atoms with Crippen molar-refractivity contribution in [1.29, 1.82) is 0 Å². The van der Waals surface area contributed by atoms with Crippen molar-refractivity contribution in [3.63, 3.8) is 0 Å². The number of hydrogen-bond acceptors (Lipinski definition) is 6. The van der Waals surface area contributed by atoms with Crippen LogP contribution in [0.25, 0.3) is 0 Å². The van der Waals surface area contributed by atoms with E-state index in [0.29, 0.717) is 0 Å². The van der Waals surface area contributed by atoms with Crippen molar-refractivity contribution in [3.8, 4) is 0 Å². The number of hydrogen-bond donors (Lipinski definition) is 2. The first kappa shape index (κ1) is 33.8. The molecule has 1 aliphatic rings. The Morgan fingerprint density at radius 2 is 0.529 bits per heavy atom. The zero-order valence-corrected chi connectivity index (χ0v) is 33.2. The van der Waals surface area contributed by atoms with Crippen LogP contribution in [0.15, 0.2) is 0 Å². The van der Waals surface area contributed by atoms with Crippen LogP contribution in [0.4, 0.5) is 0 Å². The van der Waals surface area contributed by atoms with Gasteiger partial charge in [-0.1, -0.05) is 0 Å². The van der Waals surface area contributed by atoms with E-state index in [1.54, 1.807) is 0 Å². The van der Waals surface area contributed by atoms with Gasteiger partial charge in [-0.15, -0.1) is 0 Å². The van der Waals surface area contributed by atoms with E-state index in [4.69, 9.17) is 11.1 Å². The predicted octanol–water partition coefficient (Wildman–Crippen LogP) is 7.61. The van der Waals surface area contributed by atoms with Gasteiger partial charge in [0.15, 0.2) is 0 Å². The molecule has 0 aliphatic carbocycles. The van der Waals surface area contributed by atoms with E-state index in [2.05, 4.69) is 83.1 Å². The summed E-state index contributed by atoms with van der Waals surface area (Å²) < 4.78 is 27.2. The molecule has 0 aromatic heterocycles. The van der Waals surface area contributed by atoms with Crippen LogP contribution in [0, 0.1) is 0 Å². The molecule has 1 heterocycles. The third kappa shape index (κ3) is 5.71. The van der Waals surface area contributed by atoms with Gasteiger partial charge in [0.2, 0.25) is 0 Å². The summed E-state index contributed by atoms with van der Waals surface area (Å²) in [6, 6.07) is 0. The first-order valence-corrected chi connectivity index (χ1v) is 26.5. The molecule has 10 heteroatoms. The molecular formula is C24H56O6Si2Sn2. The Balaban J connectivity index is 4.30. The van der Waals surface area contributed by atoms with Crippen LogP contribution in [0.5, 0.6) is 0 Å². The predicted molar refractivity (Wildman–Crippen MR) is 150 cm³/mol. The van der Waals surface area contributed by atoms with E-state index < -0.39 is 79.8 Å². The molecule has 0 radical (unpaired) electrons. The first-order valence-electron chi connectivity index (χ1n) is 12.6.